The Balaban J connectivity index is 1.94. The molecule has 7 heteroatoms. The van der Waals surface area contributed by atoms with Crippen LogP contribution in [0.4, 0.5) is 0 Å². The summed E-state index contributed by atoms with van der Waals surface area (Å²) in [5.74, 6) is -0.128. The number of benzene rings is 2. The lowest BCUT2D eigenvalue weighted by atomic mass is 9.97. The van der Waals surface area contributed by atoms with E-state index in [2.05, 4.69) is 5.10 Å². The number of amides is 1. The molecule has 0 saturated heterocycles. The third-order valence-corrected chi connectivity index (χ3v) is 4.90. The van der Waals surface area contributed by atoms with Gasteiger partial charge in [-0.25, -0.2) is 5.01 Å². The highest BCUT2D eigenvalue weighted by Crippen LogP contribution is 2.35. The molecule has 3 rings (SSSR count). The maximum Gasteiger partial charge on any atom is 0.303 e. The van der Waals surface area contributed by atoms with Gasteiger partial charge in [-0.15, -0.1) is 0 Å². The van der Waals surface area contributed by atoms with Crippen molar-refractivity contribution >= 4 is 17.6 Å². The second kappa shape index (κ2) is 8.77. The molecule has 152 valence electrons. The van der Waals surface area contributed by atoms with Crippen molar-refractivity contribution in [2.24, 2.45) is 5.10 Å². The molecule has 2 aromatic rings. The van der Waals surface area contributed by atoms with Crippen molar-refractivity contribution in [2.45, 2.75) is 32.2 Å². The highest BCUT2D eigenvalue weighted by atomic mass is 16.5. The first-order valence-corrected chi connectivity index (χ1v) is 9.33. The molecule has 0 fully saturated rings. The van der Waals surface area contributed by atoms with Crippen LogP contribution >= 0.6 is 0 Å². The molecular formula is C22H24N2O5. The van der Waals surface area contributed by atoms with Crippen LogP contribution in [0.3, 0.4) is 0 Å². The first kappa shape index (κ1) is 20.4. The second-order valence-electron chi connectivity index (χ2n) is 6.88. The number of methoxy groups -OCH3 is 2. The van der Waals surface area contributed by atoms with Crippen molar-refractivity contribution in [2.75, 3.05) is 14.2 Å². The molecule has 1 heterocycles. The lowest BCUT2D eigenvalue weighted by Gasteiger charge is -2.22. The van der Waals surface area contributed by atoms with E-state index in [1.54, 1.807) is 20.3 Å². The number of aliphatic carboxylic acids is 1. The van der Waals surface area contributed by atoms with Crippen LogP contribution in [0.1, 0.15) is 42.0 Å². The van der Waals surface area contributed by atoms with Crippen LogP contribution in [0.5, 0.6) is 11.5 Å². The number of nitrogens with zero attached hydrogens (tertiary/aromatic N) is 2. The molecule has 7 nitrogen and oxygen atoms in total. The summed E-state index contributed by atoms with van der Waals surface area (Å²) >= 11 is 0. The van der Waals surface area contributed by atoms with Gasteiger partial charge in [0, 0.05) is 18.4 Å². The normalized spacial score (nSPS) is 15.8. The summed E-state index contributed by atoms with van der Waals surface area (Å²) < 4.78 is 10.7. The molecule has 0 aliphatic carbocycles. The Morgan fingerprint density at radius 1 is 1.07 bits per heavy atom. The maximum atomic E-state index is 12.7. The number of hydrogen-bond acceptors (Lipinski definition) is 5. The Labute approximate surface area is 169 Å². The Hall–Kier alpha value is -3.35. The topological polar surface area (TPSA) is 88.4 Å². The minimum atomic E-state index is -1.01. The van der Waals surface area contributed by atoms with Crippen LogP contribution in [0.2, 0.25) is 0 Å². The van der Waals surface area contributed by atoms with Crippen LogP contribution in [-0.2, 0) is 9.59 Å². The summed E-state index contributed by atoms with van der Waals surface area (Å²) in [4.78, 5) is 23.6. The predicted octanol–water partition coefficient (Wildman–Crippen LogP) is 3.55. The zero-order valence-corrected chi connectivity index (χ0v) is 16.7. The second-order valence-corrected chi connectivity index (χ2v) is 6.88. The number of hydrazone groups is 1. The molecule has 0 aromatic heterocycles. The predicted molar refractivity (Wildman–Crippen MR) is 108 cm³/mol. The van der Waals surface area contributed by atoms with Crippen LogP contribution in [0.25, 0.3) is 0 Å². The molecule has 0 bridgehead atoms. The van der Waals surface area contributed by atoms with Gasteiger partial charge in [0.2, 0.25) is 5.91 Å². The van der Waals surface area contributed by atoms with E-state index >= 15 is 0 Å². The third-order valence-electron chi connectivity index (χ3n) is 4.90. The number of carboxylic acid groups (broad SMARTS) is 1. The Morgan fingerprint density at radius 2 is 1.76 bits per heavy atom. The molecule has 2 aromatic carbocycles. The molecule has 0 saturated carbocycles. The quantitative estimate of drug-likeness (QED) is 0.773. The Bertz CT molecular complexity index is 937. The van der Waals surface area contributed by atoms with Crippen molar-refractivity contribution in [1.82, 2.24) is 5.01 Å². The van der Waals surface area contributed by atoms with E-state index in [-0.39, 0.29) is 24.8 Å². The van der Waals surface area contributed by atoms with Crippen LogP contribution in [0.15, 0.2) is 47.6 Å². The van der Waals surface area contributed by atoms with Gasteiger partial charge >= 0.3 is 5.97 Å². The van der Waals surface area contributed by atoms with Gasteiger partial charge in [-0.1, -0.05) is 29.8 Å². The number of carbonyl (C=O) groups excluding carboxylic acids is 1. The molecule has 1 amide bonds. The van der Waals surface area contributed by atoms with Gasteiger partial charge in [-0.05, 0) is 30.7 Å². The minimum Gasteiger partial charge on any atom is -0.493 e. The van der Waals surface area contributed by atoms with Gasteiger partial charge in [0.15, 0.2) is 11.5 Å². The van der Waals surface area contributed by atoms with Crippen LogP contribution in [-0.4, -0.2) is 41.9 Å². The van der Waals surface area contributed by atoms with Crippen molar-refractivity contribution < 1.29 is 24.2 Å². The first-order chi connectivity index (χ1) is 13.9. The van der Waals surface area contributed by atoms with E-state index in [4.69, 9.17) is 14.6 Å². The average molecular weight is 396 g/mol. The van der Waals surface area contributed by atoms with E-state index in [9.17, 15) is 9.59 Å². The van der Waals surface area contributed by atoms with Crippen molar-refractivity contribution in [3.63, 3.8) is 0 Å². The molecule has 1 N–H and O–H groups in total. The number of aryl methyl sites for hydroxylation is 1. The van der Waals surface area contributed by atoms with Gasteiger partial charge in [0.1, 0.15) is 0 Å². The molecular weight excluding hydrogens is 372 g/mol. The Kier molecular flexibility index (Phi) is 6.16. The van der Waals surface area contributed by atoms with E-state index in [1.165, 1.54) is 5.01 Å². The highest BCUT2D eigenvalue weighted by molar-refractivity contribution is 6.03. The standard InChI is InChI=1S/C22H24N2O5/c1-14-4-6-15(7-5-14)18-13-17(23-24(18)21(25)10-11-22(26)27)16-8-9-19(28-2)20(12-16)29-3/h4-9,12,18H,10-11,13H2,1-3H3,(H,26,27)/t18-/m0/s1. The first-order valence-electron chi connectivity index (χ1n) is 9.33. The lowest BCUT2D eigenvalue weighted by molar-refractivity contribution is -0.141. The summed E-state index contributed by atoms with van der Waals surface area (Å²) in [6, 6.07) is 13.2. The SMILES string of the molecule is COc1ccc(C2=NN(C(=O)CCC(=O)O)[C@H](c3ccc(C)cc3)C2)cc1OC. The summed E-state index contributed by atoms with van der Waals surface area (Å²) in [5, 5.41) is 14.9. The smallest absolute Gasteiger partial charge is 0.303 e. The average Bonchev–Trinajstić information content (AvgIpc) is 3.17. The van der Waals surface area contributed by atoms with Crippen LogP contribution in [0, 0.1) is 6.92 Å². The third kappa shape index (κ3) is 4.56. The fourth-order valence-corrected chi connectivity index (χ4v) is 3.31. The minimum absolute atomic E-state index is 0.0968. The van der Waals surface area contributed by atoms with Crippen molar-refractivity contribution in [1.29, 1.82) is 0 Å². The zero-order valence-electron chi connectivity index (χ0n) is 16.7. The molecule has 0 radical (unpaired) electrons. The van der Waals surface area contributed by atoms with Gasteiger partial charge in [0.25, 0.3) is 0 Å². The van der Waals surface area contributed by atoms with E-state index in [1.807, 2.05) is 43.3 Å². The van der Waals surface area contributed by atoms with Gasteiger partial charge in [-0.3, -0.25) is 9.59 Å². The van der Waals surface area contributed by atoms with Gasteiger partial charge < -0.3 is 14.6 Å². The maximum absolute atomic E-state index is 12.7. The lowest BCUT2D eigenvalue weighted by Crippen LogP contribution is -2.27. The Morgan fingerprint density at radius 3 is 2.38 bits per heavy atom. The molecule has 0 spiro atoms. The summed E-state index contributed by atoms with van der Waals surface area (Å²) in [6.45, 7) is 2.00. The number of ether oxygens (including phenoxy) is 2. The summed E-state index contributed by atoms with van der Waals surface area (Å²) in [6.07, 6.45) is 0.203. The summed E-state index contributed by atoms with van der Waals surface area (Å²) in [5.41, 5.74) is 3.64. The fourth-order valence-electron chi connectivity index (χ4n) is 3.31. The van der Waals surface area contributed by atoms with Gasteiger partial charge in [-0.2, -0.15) is 5.10 Å². The van der Waals surface area contributed by atoms with Gasteiger partial charge in [0.05, 0.1) is 32.4 Å². The van der Waals surface area contributed by atoms with Crippen LogP contribution < -0.4 is 9.47 Å². The highest BCUT2D eigenvalue weighted by Gasteiger charge is 2.33. The number of carboxylic acids is 1. The monoisotopic (exact) mass is 396 g/mol. The number of carbonyl (C=O) groups is 2. The number of hydrogen-bond donors (Lipinski definition) is 1. The molecule has 29 heavy (non-hydrogen) atoms. The number of rotatable bonds is 7. The summed E-state index contributed by atoms with van der Waals surface area (Å²) in [7, 11) is 3.13. The molecule has 1 aliphatic heterocycles. The largest absolute Gasteiger partial charge is 0.493 e. The van der Waals surface area contributed by atoms with Crippen molar-refractivity contribution in [3.8, 4) is 11.5 Å². The molecule has 1 atom stereocenters. The molecule has 0 unspecified atom stereocenters. The van der Waals surface area contributed by atoms with E-state index in [0.717, 1.165) is 22.4 Å². The zero-order chi connectivity index (χ0) is 21.0. The van der Waals surface area contributed by atoms with Crippen molar-refractivity contribution in [3.05, 3.63) is 59.2 Å². The van der Waals surface area contributed by atoms with E-state index in [0.29, 0.717) is 17.9 Å². The van der Waals surface area contributed by atoms with E-state index < -0.39 is 5.97 Å². The molecule has 1 aliphatic rings. The fraction of sp³-hybridized carbons (Fsp3) is 0.318.